The summed E-state index contributed by atoms with van der Waals surface area (Å²) in [4.78, 5) is 0. The molecule has 1 aliphatic heterocycles. The van der Waals surface area contributed by atoms with E-state index in [1.807, 2.05) is 0 Å². The predicted molar refractivity (Wildman–Crippen MR) is 133 cm³/mol. The minimum Gasteiger partial charge on any atom is -0.149 e. The smallest absolute Gasteiger partial charge is 0.0341 e. The lowest BCUT2D eigenvalue weighted by atomic mass is 9.44. The van der Waals surface area contributed by atoms with Crippen LogP contribution in [-0.4, -0.2) is 10.00 Å². The first-order chi connectivity index (χ1) is 14.1. The molecule has 5 rings (SSSR count). The van der Waals surface area contributed by atoms with Crippen LogP contribution in [0.25, 0.3) is 0 Å². The molecular weight excluding hydrogens is 380 g/mol. The zero-order valence-electron chi connectivity index (χ0n) is 21.2. The van der Waals surface area contributed by atoms with Gasteiger partial charge in [0.15, 0.2) is 0 Å². The Morgan fingerprint density at radius 1 is 0.900 bits per heavy atom. The van der Waals surface area contributed by atoms with Gasteiger partial charge in [-0.1, -0.05) is 67.7 Å². The number of hydrogen-bond acceptors (Lipinski definition) is 1. The molecule has 1 spiro atoms. The predicted octanol–water partition coefficient (Wildman–Crippen LogP) is 8.84. The lowest BCUT2D eigenvalue weighted by molar-refractivity contribution is -0.0945. The van der Waals surface area contributed by atoms with Crippen LogP contribution in [0.3, 0.4) is 0 Å². The highest BCUT2D eigenvalue weighted by Gasteiger charge is 2.74. The Kier molecular flexibility index (Phi) is 5.49. The Labute approximate surface area is 192 Å². The van der Waals surface area contributed by atoms with Crippen LogP contribution < -0.4 is 0 Å². The maximum Gasteiger partial charge on any atom is 0.0341 e. The summed E-state index contributed by atoms with van der Waals surface area (Å²) in [5.41, 5.74) is 1.31. The molecule has 172 valence electrons. The van der Waals surface area contributed by atoms with Crippen molar-refractivity contribution in [1.29, 1.82) is 0 Å². The molecule has 1 saturated heterocycles. The van der Waals surface area contributed by atoms with E-state index in [1.165, 1.54) is 38.5 Å². The third-order valence-corrected chi connectivity index (χ3v) is 14.3. The summed E-state index contributed by atoms with van der Waals surface area (Å²) in [6.07, 6.45) is 15.3. The van der Waals surface area contributed by atoms with Crippen LogP contribution in [0, 0.1) is 58.2 Å². The van der Waals surface area contributed by atoms with Crippen molar-refractivity contribution < 1.29 is 0 Å². The van der Waals surface area contributed by atoms with E-state index >= 15 is 0 Å². The van der Waals surface area contributed by atoms with Crippen molar-refractivity contribution in [2.75, 3.05) is 0 Å². The molecule has 0 aromatic carbocycles. The average molecular weight is 431 g/mol. The van der Waals surface area contributed by atoms with Crippen LogP contribution in [0.15, 0.2) is 0 Å². The van der Waals surface area contributed by atoms with E-state index in [9.17, 15) is 0 Å². The van der Waals surface area contributed by atoms with Crippen LogP contribution in [0.4, 0.5) is 0 Å². The second-order valence-electron chi connectivity index (χ2n) is 13.9. The molecule has 5 fully saturated rings. The Bertz CT molecular complexity index is 655. The van der Waals surface area contributed by atoms with Crippen LogP contribution in [0.2, 0.25) is 0 Å². The fourth-order valence-electron chi connectivity index (χ4n) is 9.94. The summed E-state index contributed by atoms with van der Waals surface area (Å²) < 4.78 is 0.706. The van der Waals surface area contributed by atoms with Gasteiger partial charge in [-0.25, -0.2) is 0 Å². The minimum absolute atomic E-state index is 0.652. The van der Waals surface area contributed by atoms with Gasteiger partial charge in [0, 0.05) is 10.00 Å². The maximum absolute atomic E-state index is 2.77. The van der Waals surface area contributed by atoms with E-state index in [0.717, 1.165) is 52.6 Å². The molecular formula is C29H50S. The van der Waals surface area contributed by atoms with Crippen LogP contribution in [-0.2, 0) is 0 Å². The van der Waals surface area contributed by atoms with E-state index in [4.69, 9.17) is 0 Å². The maximum atomic E-state index is 2.77. The lowest BCUT2D eigenvalue weighted by Gasteiger charge is -2.60. The van der Waals surface area contributed by atoms with Crippen LogP contribution >= 0.6 is 11.8 Å². The van der Waals surface area contributed by atoms with Crippen LogP contribution in [0.5, 0.6) is 0 Å². The van der Waals surface area contributed by atoms with E-state index in [0.29, 0.717) is 15.6 Å². The molecule has 5 aliphatic rings. The molecule has 0 aromatic heterocycles. The number of rotatable bonds is 5. The minimum atomic E-state index is 0.652. The summed E-state index contributed by atoms with van der Waals surface area (Å²) >= 11 is 2.45. The second kappa shape index (κ2) is 7.43. The molecule has 11 atom stereocenters. The first-order valence-electron chi connectivity index (χ1n) is 13.8. The quantitative estimate of drug-likeness (QED) is 0.392. The normalized spacial score (nSPS) is 54.0. The van der Waals surface area contributed by atoms with Gasteiger partial charge in [-0.15, -0.1) is 11.8 Å². The molecule has 0 N–H and O–H groups in total. The van der Waals surface area contributed by atoms with Crippen molar-refractivity contribution in [3.63, 3.8) is 0 Å². The van der Waals surface area contributed by atoms with Gasteiger partial charge in [0.1, 0.15) is 0 Å². The Morgan fingerprint density at radius 3 is 2.40 bits per heavy atom. The standard InChI is InChI=1S/C29H50S/c1-18(2)20(4)8-9-21(5)23-10-11-24-22-16-26-29(30-26)17-19(3)12-15-28(29,7)25(22)13-14-27(23,24)6/h18-26H,8-17H2,1-7H3/t19-,20?,21-,22?,23?,24?,25?,26+,27?,28+,29+/m0/s1. The fraction of sp³-hybridized carbons (Fsp3) is 1.00. The SMILES string of the molecule is CC(C)C(C)CC[C@H](C)C1CCC2C3C[C@H]4S[C@]45C[C@@H](C)CC[C@]5(C)C3CCC21C. The zero-order chi connectivity index (χ0) is 21.5. The fourth-order valence-corrected chi connectivity index (χ4v) is 12.1. The Morgan fingerprint density at radius 2 is 1.67 bits per heavy atom. The van der Waals surface area contributed by atoms with Gasteiger partial charge in [-0.3, -0.25) is 0 Å². The zero-order valence-corrected chi connectivity index (χ0v) is 22.0. The van der Waals surface area contributed by atoms with Gasteiger partial charge in [-0.2, -0.15) is 0 Å². The third kappa shape index (κ3) is 3.05. The molecule has 0 bridgehead atoms. The molecule has 1 heterocycles. The van der Waals surface area contributed by atoms with E-state index in [-0.39, 0.29) is 0 Å². The average Bonchev–Trinajstić information content (AvgIpc) is 3.27. The summed E-state index contributed by atoms with van der Waals surface area (Å²) in [6, 6.07) is 0. The molecule has 0 amide bonds. The molecule has 0 radical (unpaired) electrons. The van der Waals surface area contributed by atoms with Gasteiger partial charge in [-0.05, 0) is 103 Å². The lowest BCUT2D eigenvalue weighted by Crippen LogP contribution is -2.57. The van der Waals surface area contributed by atoms with Crippen molar-refractivity contribution >= 4 is 11.8 Å². The first-order valence-corrected chi connectivity index (χ1v) is 14.7. The molecule has 30 heavy (non-hydrogen) atoms. The second-order valence-corrected chi connectivity index (χ2v) is 15.4. The van der Waals surface area contributed by atoms with E-state index < -0.39 is 0 Å². The number of hydrogen-bond donors (Lipinski definition) is 0. The summed E-state index contributed by atoms with van der Waals surface area (Å²) in [5.74, 6) is 7.79. The van der Waals surface area contributed by atoms with Crippen molar-refractivity contribution in [3.8, 4) is 0 Å². The topological polar surface area (TPSA) is 0 Å². The van der Waals surface area contributed by atoms with Gasteiger partial charge in [0.25, 0.3) is 0 Å². The first kappa shape index (κ1) is 22.2. The Balaban J connectivity index is 1.32. The molecule has 4 saturated carbocycles. The third-order valence-electron chi connectivity index (χ3n) is 12.3. The molecule has 4 aliphatic carbocycles. The van der Waals surface area contributed by atoms with Crippen molar-refractivity contribution in [2.24, 2.45) is 58.2 Å². The van der Waals surface area contributed by atoms with Crippen molar-refractivity contribution in [2.45, 2.75) is 123 Å². The summed E-state index contributed by atoms with van der Waals surface area (Å²) in [5, 5.41) is 1.03. The molecule has 1 heteroatoms. The van der Waals surface area contributed by atoms with E-state index in [1.54, 1.807) is 25.7 Å². The summed E-state index contributed by atoms with van der Waals surface area (Å²) in [7, 11) is 0. The summed E-state index contributed by atoms with van der Waals surface area (Å²) in [6.45, 7) is 18.0. The van der Waals surface area contributed by atoms with Crippen molar-refractivity contribution in [3.05, 3.63) is 0 Å². The van der Waals surface area contributed by atoms with Crippen molar-refractivity contribution in [1.82, 2.24) is 0 Å². The molecule has 0 aromatic rings. The number of thioether (sulfide) groups is 1. The van der Waals surface area contributed by atoms with Gasteiger partial charge >= 0.3 is 0 Å². The monoisotopic (exact) mass is 430 g/mol. The van der Waals surface area contributed by atoms with Gasteiger partial charge in [0.2, 0.25) is 0 Å². The largest absolute Gasteiger partial charge is 0.149 e. The highest BCUT2D eigenvalue weighted by atomic mass is 32.2. The van der Waals surface area contributed by atoms with Gasteiger partial charge in [0.05, 0.1) is 0 Å². The van der Waals surface area contributed by atoms with Gasteiger partial charge < -0.3 is 0 Å². The molecule has 6 unspecified atom stereocenters. The Hall–Kier alpha value is 0.350. The van der Waals surface area contributed by atoms with E-state index in [2.05, 4.69) is 60.2 Å². The number of fused-ring (bicyclic) bond motifs is 4. The highest BCUT2D eigenvalue weighted by Crippen LogP contribution is 2.80. The van der Waals surface area contributed by atoms with Crippen LogP contribution in [0.1, 0.15) is 113 Å². The molecule has 0 nitrogen and oxygen atoms in total. The highest BCUT2D eigenvalue weighted by molar-refractivity contribution is 8.08.